The molecule has 2 aromatic heterocycles. The van der Waals surface area contributed by atoms with Crippen molar-refractivity contribution in [2.75, 3.05) is 6.54 Å². The number of H-pyrrole nitrogens is 2. The zero-order valence-corrected chi connectivity index (χ0v) is 19.9. The Morgan fingerprint density at radius 3 is 2.19 bits per heavy atom. The van der Waals surface area contributed by atoms with Gasteiger partial charge in [0.15, 0.2) is 0 Å². The lowest BCUT2D eigenvalue weighted by Gasteiger charge is -2.28. The van der Waals surface area contributed by atoms with Crippen LogP contribution in [0.25, 0.3) is 0 Å². The van der Waals surface area contributed by atoms with Gasteiger partial charge in [-0.15, -0.1) is 0 Å². The Labute approximate surface area is 211 Å². The number of carboxylic acid groups (broad SMARTS) is 2. The Morgan fingerprint density at radius 2 is 1.65 bits per heavy atom. The number of carbonyl (C=O) groups excluding carboxylic acids is 3. The van der Waals surface area contributed by atoms with E-state index in [1.807, 2.05) is 0 Å². The summed E-state index contributed by atoms with van der Waals surface area (Å²) in [4.78, 5) is 76.3. The SMILES string of the molecule is NC(CCC(=O)O)C(=O)N1CCCC1C(=O)NC(Cc1cnc[nH]1)C(=O)NC(Cc1cnc[nH]1)C(=O)O. The normalized spacial score (nSPS) is 17.5. The summed E-state index contributed by atoms with van der Waals surface area (Å²) in [5.41, 5.74) is 6.89. The number of rotatable bonds is 13. The lowest BCUT2D eigenvalue weighted by atomic mass is 10.1. The lowest BCUT2D eigenvalue weighted by Crippen LogP contribution is -2.57. The molecule has 4 atom stereocenters. The number of hydrogen-bond acceptors (Lipinski definition) is 8. The summed E-state index contributed by atoms with van der Waals surface area (Å²) in [6.45, 7) is 0.264. The maximum absolute atomic E-state index is 13.2. The number of nitrogens with zero attached hydrogens (tertiary/aromatic N) is 3. The summed E-state index contributed by atoms with van der Waals surface area (Å²) < 4.78 is 0. The molecule has 0 bridgehead atoms. The second-order valence-electron chi connectivity index (χ2n) is 8.75. The summed E-state index contributed by atoms with van der Waals surface area (Å²) >= 11 is 0. The van der Waals surface area contributed by atoms with Gasteiger partial charge in [-0.3, -0.25) is 19.2 Å². The van der Waals surface area contributed by atoms with Gasteiger partial charge in [0.2, 0.25) is 17.7 Å². The van der Waals surface area contributed by atoms with Gasteiger partial charge in [-0.05, 0) is 19.3 Å². The van der Waals surface area contributed by atoms with E-state index in [9.17, 15) is 29.1 Å². The van der Waals surface area contributed by atoms with Crippen LogP contribution in [0.5, 0.6) is 0 Å². The number of imidazole rings is 2. The Balaban J connectivity index is 1.71. The van der Waals surface area contributed by atoms with Crippen LogP contribution >= 0.6 is 0 Å². The van der Waals surface area contributed by atoms with E-state index in [1.165, 1.54) is 29.9 Å². The molecule has 2 aromatic rings. The number of aliphatic carboxylic acids is 2. The first kappa shape index (κ1) is 27.3. The van der Waals surface area contributed by atoms with Crippen LogP contribution in [0.15, 0.2) is 25.0 Å². The number of aromatic nitrogens is 4. The molecule has 37 heavy (non-hydrogen) atoms. The highest BCUT2D eigenvalue weighted by Crippen LogP contribution is 2.19. The van der Waals surface area contributed by atoms with E-state index in [-0.39, 0.29) is 32.2 Å². The Hall–Kier alpha value is -4.27. The van der Waals surface area contributed by atoms with Crippen LogP contribution in [-0.4, -0.2) is 95.4 Å². The minimum Gasteiger partial charge on any atom is -0.481 e. The maximum Gasteiger partial charge on any atom is 0.326 e. The van der Waals surface area contributed by atoms with Crippen LogP contribution < -0.4 is 16.4 Å². The molecular weight excluding hydrogens is 488 g/mol. The Kier molecular flexibility index (Phi) is 9.32. The molecule has 1 aliphatic heterocycles. The highest BCUT2D eigenvalue weighted by Gasteiger charge is 2.38. The Bertz CT molecular complexity index is 1090. The maximum atomic E-state index is 13.2. The van der Waals surface area contributed by atoms with E-state index in [4.69, 9.17) is 10.8 Å². The van der Waals surface area contributed by atoms with Gasteiger partial charge >= 0.3 is 11.9 Å². The first-order chi connectivity index (χ1) is 17.7. The van der Waals surface area contributed by atoms with E-state index < -0.39 is 53.8 Å². The standard InChI is InChI=1S/C22H30N8O7/c23-14(3-4-18(31)32)21(35)30-5-1-2-17(30)20(34)28-15(6-12-8-24-10-26-12)19(33)29-16(22(36)37)7-13-9-25-11-27-13/h8-11,14-17H,1-7,23H2,(H,24,26)(H,25,27)(H,28,34)(H,29,33)(H,31,32)(H,36,37). The van der Waals surface area contributed by atoms with Crippen molar-refractivity contribution in [3.63, 3.8) is 0 Å². The summed E-state index contributed by atoms with van der Waals surface area (Å²) in [6, 6.07) is -4.44. The molecule has 1 saturated heterocycles. The van der Waals surface area contributed by atoms with E-state index in [2.05, 4.69) is 30.6 Å². The van der Waals surface area contributed by atoms with Gasteiger partial charge in [-0.25, -0.2) is 14.8 Å². The predicted molar refractivity (Wildman–Crippen MR) is 126 cm³/mol. The third kappa shape index (κ3) is 7.60. The number of hydrogen-bond donors (Lipinski definition) is 7. The number of aromatic amines is 2. The van der Waals surface area contributed by atoms with Crippen molar-refractivity contribution in [2.45, 2.75) is 62.7 Å². The highest BCUT2D eigenvalue weighted by atomic mass is 16.4. The Morgan fingerprint density at radius 1 is 1.03 bits per heavy atom. The third-order valence-electron chi connectivity index (χ3n) is 6.03. The molecule has 0 aromatic carbocycles. The van der Waals surface area contributed by atoms with Crippen LogP contribution in [0.1, 0.15) is 37.1 Å². The van der Waals surface area contributed by atoms with E-state index >= 15 is 0 Å². The number of nitrogens with two attached hydrogens (primary N) is 1. The number of carboxylic acids is 2. The van der Waals surface area contributed by atoms with Crippen LogP contribution in [0, 0.1) is 0 Å². The first-order valence-electron chi connectivity index (χ1n) is 11.7. The summed E-state index contributed by atoms with van der Waals surface area (Å²) in [6.07, 6.45) is 6.15. The van der Waals surface area contributed by atoms with Gasteiger partial charge in [0, 0.05) is 49.6 Å². The molecule has 0 aliphatic carbocycles. The van der Waals surface area contributed by atoms with Gasteiger partial charge in [-0.1, -0.05) is 0 Å². The van der Waals surface area contributed by atoms with Gasteiger partial charge in [-0.2, -0.15) is 0 Å². The van der Waals surface area contributed by atoms with Crippen LogP contribution in [0.2, 0.25) is 0 Å². The van der Waals surface area contributed by atoms with Gasteiger partial charge < -0.3 is 41.4 Å². The largest absolute Gasteiger partial charge is 0.481 e. The zero-order chi connectivity index (χ0) is 26.9. The monoisotopic (exact) mass is 518 g/mol. The van der Waals surface area contributed by atoms with Crippen molar-refractivity contribution >= 4 is 29.7 Å². The average molecular weight is 519 g/mol. The molecule has 200 valence electrons. The smallest absolute Gasteiger partial charge is 0.326 e. The molecule has 0 saturated carbocycles. The fourth-order valence-corrected chi connectivity index (χ4v) is 4.10. The lowest BCUT2D eigenvalue weighted by molar-refractivity contribution is -0.143. The second kappa shape index (κ2) is 12.6. The molecule has 3 rings (SSSR count). The van der Waals surface area contributed by atoms with Crippen molar-refractivity contribution in [1.29, 1.82) is 0 Å². The topological polar surface area (TPSA) is 236 Å². The number of likely N-dealkylation sites (tertiary alicyclic amines) is 1. The molecule has 8 N–H and O–H groups in total. The second-order valence-corrected chi connectivity index (χ2v) is 8.75. The quantitative estimate of drug-likeness (QED) is 0.156. The summed E-state index contributed by atoms with van der Waals surface area (Å²) in [5, 5.41) is 23.5. The molecule has 15 heteroatoms. The van der Waals surface area contributed by atoms with Crippen LogP contribution in [0.4, 0.5) is 0 Å². The predicted octanol–water partition coefficient (Wildman–Crippen LogP) is -1.84. The fraction of sp³-hybridized carbons (Fsp3) is 0.500. The van der Waals surface area contributed by atoms with Gasteiger partial charge in [0.1, 0.15) is 18.1 Å². The summed E-state index contributed by atoms with van der Waals surface area (Å²) in [7, 11) is 0. The fourth-order valence-electron chi connectivity index (χ4n) is 4.10. The minimum absolute atomic E-state index is 0.00718. The van der Waals surface area contributed by atoms with Crippen molar-refractivity contribution < 1.29 is 34.2 Å². The molecule has 4 unspecified atom stereocenters. The highest BCUT2D eigenvalue weighted by molar-refractivity contribution is 5.94. The van der Waals surface area contributed by atoms with Crippen LogP contribution in [0.3, 0.4) is 0 Å². The number of amides is 3. The van der Waals surface area contributed by atoms with E-state index in [1.54, 1.807) is 0 Å². The van der Waals surface area contributed by atoms with Crippen molar-refractivity contribution in [1.82, 2.24) is 35.5 Å². The van der Waals surface area contributed by atoms with Crippen molar-refractivity contribution in [3.8, 4) is 0 Å². The molecule has 0 radical (unpaired) electrons. The van der Waals surface area contributed by atoms with E-state index in [0.29, 0.717) is 24.2 Å². The molecule has 3 amide bonds. The average Bonchev–Trinajstić information content (AvgIpc) is 3.64. The number of nitrogens with one attached hydrogen (secondary N) is 4. The van der Waals surface area contributed by atoms with Crippen molar-refractivity contribution in [3.05, 3.63) is 36.4 Å². The molecule has 1 fully saturated rings. The molecular formula is C22H30N8O7. The molecule has 3 heterocycles. The van der Waals surface area contributed by atoms with Crippen molar-refractivity contribution in [2.24, 2.45) is 5.73 Å². The van der Waals surface area contributed by atoms with Gasteiger partial charge in [0.05, 0.1) is 18.7 Å². The van der Waals surface area contributed by atoms with E-state index in [0.717, 1.165) is 0 Å². The van der Waals surface area contributed by atoms with Gasteiger partial charge in [0.25, 0.3) is 0 Å². The third-order valence-corrected chi connectivity index (χ3v) is 6.03. The van der Waals surface area contributed by atoms with Crippen LogP contribution in [-0.2, 0) is 36.8 Å². The minimum atomic E-state index is -1.29. The zero-order valence-electron chi connectivity index (χ0n) is 19.9. The molecule has 15 nitrogen and oxygen atoms in total. The molecule has 1 aliphatic rings. The number of carbonyl (C=O) groups is 5. The molecule has 0 spiro atoms. The first-order valence-corrected chi connectivity index (χ1v) is 11.7. The summed E-state index contributed by atoms with van der Waals surface area (Å²) in [5.74, 6) is -4.23.